The largest absolute Gasteiger partial charge is 0.461 e. The maximum atomic E-state index is 11.6. The number of methoxy groups -OCH3 is 1. The lowest BCUT2D eigenvalue weighted by atomic mass is 10.2. The van der Waals surface area contributed by atoms with Gasteiger partial charge in [-0.15, -0.1) is 0 Å². The predicted molar refractivity (Wildman–Crippen MR) is 69.9 cm³/mol. The number of nitrogens with zero attached hydrogens (tertiary/aromatic N) is 1. The van der Waals surface area contributed by atoms with E-state index in [1.165, 1.54) is 0 Å². The van der Waals surface area contributed by atoms with E-state index in [0.717, 1.165) is 24.1 Å². The average molecular weight is 270 g/mol. The van der Waals surface area contributed by atoms with Crippen LogP contribution in [-0.2, 0) is 20.6 Å². The maximum absolute atomic E-state index is 11.6. The Hall–Kier alpha value is -1.40. The predicted octanol–water partition coefficient (Wildman–Crippen LogP) is 2.22. The van der Waals surface area contributed by atoms with Gasteiger partial charge in [0, 0.05) is 12.7 Å². The number of esters is 1. The number of ether oxygens (including phenoxy) is 3. The molecule has 108 valence electrons. The van der Waals surface area contributed by atoms with Crippen LogP contribution >= 0.6 is 0 Å². The van der Waals surface area contributed by atoms with Crippen molar-refractivity contribution in [2.75, 3.05) is 20.5 Å². The third-order valence-corrected chi connectivity index (χ3v) is 2.73. The highest BCUT2D eigenvalue weighted by atomic mass is 16.7. The first-order valence-electron chi connectivity index (χ1n) is 6.62. The molecule has 0 saturated heterocycles. The first kappa shape index (κ1) is 15.7. The molecule has 1 aromatic rings. The zero-order valence-electron chi connectivity index (χ0n) is 12.0. The van der Waals surface area contributed by atoms with Crippen LogP contribution in [0.15, 0.2) is 0 Å². The maximum Gasteiger partial charge on any atom is 0.359 e. The average Bonchev–Trinajstić information content (AvgIpc) is 3.00. The molecule has 1 heterocycles. The lowest BCUT2D eigenvalue weighted by Gasteiger charge is -2.09. The van der Waals surface area contributed by atoms with Crippen molar-refractivity contribution in [1.82, 2.24) is 10.2 Å². The molecule has 1 N–H and O–H groups in total. The third kappa shape index (κ3) is 3.54. The Morgan fingerprint density at radius 2 is 2.21 bits per heavy atom. The molecule has 0 bridgehead atoms. The van der Waals surface area contributed by atoms with Gasteiger partial charge in [0.2, 0.25) is 0 Å². The van der Waals surface area contributed by atoms with Crippen molar-refractivity contribution >= 4 is 5.97 Å². The van der Waals surface area contributed by atoms with Crippen molar-refractivity contribution in [3.63, 3.8) is 0 Å². The summed E-state index contributed by atoms with van der Waals surface area (Å²) in [6.07, 6.45) is 1.54. The third-order valence-electron chi connectivity index (χ3n) is 2.73. The van der Waals surface area contributed by atoms with E-state index in [-0.39, 0.29) is 18.9 Å². The molecule has 1 aliphatic rings. The van der Waals surface area contributed by atoms with Crippen LogP contribution in [0.25, 0.3) is 0 Å². The zero-order chi connectivity index (χ0) is 14.3. The summed E-state index contributed by atoms with van der Waals surface area (Å²) >= 11 is 0. The van der Waals surface area contributed by atoms with Crippen molar-refractivity contribution in [3.05, 3.63) is 17.0 Å². The second-order valence-electron chi connectivity index (χ2n) is 3.79. The number of aromatic amines is 1. The van der Waals surface area contributed by atoms with Gasteiger partial charge in [-0.1, -0.05) is 13.8 Å². The van der Waals surface area contributed by atoms with Gasteiger partial charge in [-0.05, 0) is 19.8 Å². The second kappa shape index (κ2) is 7.91. The highest BCUT2D eigenvalue weighted by Gasteiger charge is 2.31. The fourth-order valence-electron chi connectivity index (χ4n) is 2.00. The number of aromatic nitrogens is 2. The molecule has 1 aromatic heterocycles. The number of rotatable bonds is 5. The summed E-state index contributed by atoms with van der Waals surface area (Å²) < 4.78 is 15.3. The summed E-state index contributed by atoms with van der Waals surface area (Å²) in [5.74, 6) is -0.377. The van der Waals surface area contributed by atoms with Gasteiger partial charge in [0.1, 0.15) is 12.9 Å². The number of carbonyl (C=O) groups is 1. The van der Waals surface area contributed by atoms with Crippen LogP contribution in [0.3, 0.4) is 0 Å². The molecule has 0 spiro atoms. The van der Waals surface area contributed by atoms with Crippen LogP contribution in [0, 0.1) is 0 Å². The second-order valence-corrected chi connectivity index (χ2v) is 3.79. The van der Waals surface area contributed by atoms with Crippen molar-refractivity contribution in [3.8, 4) is 0 Å². The lowest BCUT2D eigenvalue weighted by molar-refractivity contribution is -0.0737. The summed E-state index contributed by atoms with van der Waals surface area (Å²) in [5.41, 5.74) is 2.15. The fourth-order valence-corrected chi connectivity index (χ4v) is 2.00. The van der Waals surface area contributed by atoms with Crippen LogP contribution in [0.5, 0.6) is 0 Å². The van der Waals surface area contributed by atoms with Gasteiger partial charge in [0.15, 0.2) is 5.69 Å². The number of carbonyl (C=O) groups excluding carboxylic acids is 1. The molecule has 0 fully saturated rings. The van der Waals surface area contributed by atoms with Crippen LogP contribution in [0.1, 0.15) is 55.0 Å². The monoisotopic (exact) mass is 270 g/mol. The zero-order valence-corrected chi connectivity index (χ0v) is 12.0. The summed E-state index contributed by atoms with van der Waals surface area (Å²) in [7, 11) is 1.58. The molecule has 0 aromatic carbocycles. The van der Waals surface area contributed by atoms with Gasteiger partial charge in [-0.3, -0.25) is 5.10 Å². The van der Waals surface area contributed by atoms with Crippen molar-refractivity contribution in [1.29, 1.82) is 0 Å². The minimum atomic E-state index is -0.377. The highest BCUT2D eigenvalue weighted by Crippen LogP contribution is 2.34. The standard InChI is InChI=1S/C11H16N2O4.C2H6/c1-3-16-11(14)10-7-4-5-8(17-6-15-2)9(7)12-13-10;1-2/h8H,3-6H2,1-2H3,(H,12,13);1-2H3. The van der Waals surface area contributed by atoms with Crippen LogP contribution < -0.4 is 0 Å². The molecule has 2 rings (SSSR count). The smallest absolute Gasteiger partial charge is 0.359 e. The minimum absolute atomic E-state index is 0.0689. The van der Waals surface area contributed by atoms with E-state index in [1.54, 1.807) is 14.0 Å². The van der Waals surface area contributed by atoms with Crippen LogP contribution in [0.4, 0.5) is 0 Å². The molecule has 6 nitrogen and oxygen atoms in total. The highest BCUT2D eigenvalue weighted by molar-refractivity contribution is 5.89. The quantitative estimate of drug-likeness (QED) is 0.656. The van der Waals surface area contributed by atoms with E-state index in [9.17, 15) is 4.79 Å². The summed E-state index contributed by atoms with van der Waals surface area (Å²) in [6.45, 7) is 6.36. The van der Waals surface area contributed by atoms with Crippen molar-refractivity contribution < 1.29 is 19.0 Å². The fraction of sp³-hybridized carbons (Fsp3) is 0.692. The number of hydrogen-bond donors (Lipinski definition) is 1. The molecular weight excluding hydrogens is 248 g/mol. The van der Waals surface area contributed by atoms with Crippen molar-refractivity contribution in [2.45, 2.75) is 39.7 Å². The first-order valence-corrected chi connectivity index (χ1v) is 6.62. The molecular formula is C13H22N2O4. The normalized spacial score (nSPS) is 16.5. The van der Waals surface area contributed by atoms with E-state index in [2.05, 4.69) is 10.2 Å². The number of hydrogen-bond acceptors (Lipinski definition) is 5. The van der Waals surface area contributed by atoms with Crippen LogP contribution in [0.2, 0.25) is 0 Å². The van der Waals surface area contributed by atoms with E-state index in [1.807, 2.05) is 13.8 Å². The molecule has 0 aliphatic heterocycles. The Kier molecular flexibility index (Phi) is 6.52. The van der Waals surface area contributed by atoms with Gasteiger partial charge in [-0.25, -0.2) is 4.79 Å². The summed E-state index contributed by atoms with van der Waals surface area (Å²) in [6, 6.07) is 0. The molecule has 0 radical (unpaired) electrons. The molecule has 0 saturated carbocycles. The Labute approximate surface area is 113 Å². The SMILES string of the molecule is CC.CCOC(=O)c1n[nH]c2c1CCC2OCOC. The molecule has 19 heavy (non-hydrogen) atoms. The Morgan fingerprint density at radius 3 is 2.84 bits per heavy atom. The first-order chi connectivity index (χ1) is 9.27. The molecule has 6 heteroatoms. The van der Waals surface area contributed by atoms with E-state index in [0.29, 0.717) is 12.3 Å². The van der Waals surface area contributed by atoms with E-state index < -0.39 is 0 Å². The van der Waals surface area contributed by atoms with E-state index >= 15 is 0 Å². The molecule has 1 aliphatic carbocycles. The molecule has 0 amide bonds. The number of H-pyrrole nitrogens is 1. The number of nitrogens with one attached hydrogen (secondary N) is 1. The Morgan fingerprint density at radius 1 is 1.47 bits per heavy atom. The molecule has 1 atom stereocenters. The minimum Gasteiger partial charge on any atom is -0.461 e. The van der Waals surface area contributed by atoms with Crippen LogP contribution in [-0.4, -0.2) is 36.7 Å². The number of fused-ring (bicyclic) bond motifs is 1. The van der Waals surface area contributed by atoms with Crippen molar-refractivity contribution in [2.24, 2.45) is 0 Å². The summed E-state index contributed by atoms with van der Waals surface area (Å²) in [4.78, 5) is 11.6. The molecule has 1 unspecified atom stereocenters. The Bertz CT molecular complexity index is 403. The summed E-state index contributed by atoms with van der Waals surface area (Å²) in [5, 5.41) is 6.85. The van der Waals surface area contributed by atoms with Gasteiger partial charge in [-0.2, -0.15) is 5.10 Å². The van der Waals surface area contributed by atoms with Gasteiger partial charge in [0.05, 0.1) is 12.3 Å². The van der Waals surface area contributed by atoms with Gasteiger partial charge < -0.3 is 14.2 Å². The van der Waals surface area contributed by atoms with Gasteiger partial charge >= 0.3 is 5.97 Å². The van der Waals surface area contributed by atoms with Gasteiger partial charge in [0.25, 0.3) is 0 Å². The lowest BCUT2D eigenvalue weighted by Crippen LogP contribution is -2.07. The Balaban J connectivity index is 0.000000861. The van der Waals surface area contributed by atoms with E-state index in [4.69, 9.17) is 14.2 Å². The topological polar surface area (TPSA) is 73.4 Å².